The molecule has 1 aliphatic heterocycles. The van der Waals surface area contributed by atoms with Crippen LogP contribution in [0.4, 0.5) is 5.69 Å². The SMILES string of the molecule is CCN1C(=O)/C(=C/c2ccc([N+](=O)[O-])cc2)N(C)C1=S. The van der Waals surface area contributed by atoms with Crippen LogP contribution < -0.4 is 0 Å². The van der Waals surface area contributed by atoms with Gasteiger partial charge in [-0.05, 0) is 42.9 Å². The van der Waals surface area contributed by atoms with Crippen LogP contribution in [-0.2, 0) is 4.79 Å². The fourth-order valence-electron chi connectivity index (χ4n) is 1.94. The third-order valence-corrected chi connectivity index (χ3v) is 3.56. The zero-order valence-corrected chi connectivity index (χ0v) is 11.9. The predicted molar refractivity (Wildman–Crippen MR) is 78.8 cm³/mol. The van der Waals surface area contributed by atoms with E-state index in [4.69, 9.17) is 12.2 Å². The first-order valence-electron chi connectivity index (χ1n) is 6.01. The highest BCUT2D eigenvalue weighted by molar-refractivity contribution is 7.80. The zero-order chi connectivity index (χ0) is 14.9. The van der Waals surface area contributed by atoms with Crippen molar-refractivity contribution in [3.8, 4) is 0 Å². The molecule has 0 saturated carbocycles. The highest BCUT2D eigenvalue weighted by Gasteiger charge is 2.34. The van der Waals surface area contributed by atoms with Crippen molar-refractivity contribution in [2.75, 3.05) is 13.6 Å². The average molecular weight is 291 g/mol. The number of nitro benzene ring substituents is 1. The number of nitrogens with zero attached hydrogens (tertiary/aromatic N) is 3. The van der Waals surface area contributed by atoms with Crippen molar-refractivity contribution < 1.29 is 9.72 Å². The summed E-state index contributed by atoms with van der Waals surface area (Å²) in [4.78, 5) is 25.4. The Morgan fingerprint density at radius 2 is 1.95 bits per heavy atom. The summed E-state index contributed by atoms with van der Waals surface area (Å²) in [5.41, 5.74) is 1.20. The minimum atomic E-state index is -0.461. The van der Waals surface area contributed by atoms with Crippen molar-refractivity contribution in [1.82, 2.24) is 9.80 Å². The minimum Gasteiger partial charge on any atom is -0.317 e. The van der Waals surface area contributed by atoms with E-state index in [-0.39, 0.29) is 11.6 Å². The van der Waals surface area contributed by atoms with Gasteiger partial charge in [0.2, 0.25) is 0 Å². The Hall–Kier alpha value is -2.28. The summed E-state index contributed by atoms with van der Waals surface area (Å²) in [6.45, 7) is 2.37. The Kier molecular flexibility index (Phi) is 3.80. The quantitative estimate of drug-likeness (QED) is 0.369. The summed E-state index contributed by atoms with van der Waals surface area (Å²) in [5, 5.41) is 11.1. The molecule has 1 fully saturated rings. The van der Waals surface area contributed by atoms with Crippen LogP contribution in [0, 0.1) is 10.1 Å². The lowest BCUT2D eigenvalue weighted by Gasteiger charge is -2.13. The molecule has 7 heteroatoms. The second-order valence-electron chi connectivity index (χ2n) is 4.27. The van der Waals surface area contributed by atoms with Gasteiger partial charge in [-0.1, -0.05) is 0 Å². The van der Waals surface area contributed by atoms with E-state index in [0.29, 0.717) is 22.9 Å². The van der Waals surface area contributed by atoms with Gasteiger partial charge in [-0.2, -0.15) is 0 Å². The zero-order valence-electron chi connectivity index (χ0n) is 11.1. The molecule has 0 N–H and O–H groups in total. The number of hydrogen-bond donors (Lipinski definition) is 0. The summed E-state index contributed by atoms with van der Waals surface area (Å²) in [6.07, 6.45) is 1.67. The molecule has 1 aliphatic rings. The minimum absolute atomic E-state index is 0.0176. The molecular weight excluding hydrogens is 278 g/mol. The van der Waals surface area contributed by atoms with Crippen LogP contribution >= 0.6 is 12.2 Å². The molecule has 1 heterocycles. The Bertz CT molecular complexity index is 610. The molecule has 1 amide bonds. The molecule has 0 radical (unpaired) electrons. The fourth-order valence-corrected chi connectivity index (χ4v) is 2.25. The van der Waals surface area contributed by atoms with E-state index in [1.807, 2.05) is 6.92 Å². The van der Waals surface area contributed by atoms with Crippen molar-refractivity contribution in [2.24, 2.45) is 0 Å². The highest BCUT2D eigenvalue weighted by atomic mass is 32.1. The van der Waals surface area contributed by atoms with Crippen LogP contribution in [-0.4, -0.2) is 39.3 Å². The smallest absolute Gasteiger partial charge is 0.276 e. The van der Waals surface area contributed by atoms with Gasteiger partial charge >= 0.3 is 0 Å². The van der Waals surface area contributed by atoms with Gasteiger partial charge in [-0.25, -0.2) is 0 Å². The lowest BCUT2D eigenvalue weighted by molar-refractivity contribution is -0.384. The molecule has 1 saturated heterocycles. The summed E-state index contributed by atoms with van der Waals surface area (Å²) < 4.78 is 0. The van der Waals surface area contributed by atoms with Gasteiger partial charge in [-0.3, -0.25) is 19.8 Å². The molecule has 0 aromatic heterocycles. The average Bonchev–Trinajstić information content (AvgIpc) is 2.63. The van der Waals surface area contributed by atoms with Crippen molar-refractivity contribution in [1.29, 1.82) is 0 Å². The fraction of sp³-hybridized carbons (Fsp3) is 0.231. The maximum Gasteiger partial charge on any atom is 0.276 e. The number of benzene rings is 1. The normalized spacial score (nSPS) is 17.2. The number of amides is 1. The van der Waals surface area contributed by atoms with Gasteiger partial charge in [0.05, 0.1) is 4.92 Å². The Morgan fingerprint density at radius 1 is 1.35 bits per heavy atom. The van der Waals surface area contributed by atoms with E-state index in [1.165, 1.54) is 17.0 Å². The van der Waals surface area contributed by atoms with E-state index in [9.17, 15) is 14.9 Å². The van der Waals surface area contributed by atoms with Crippen LogP contribution in [0.3, 0.4) is 0 Å². The largest absolute Gasteiger partial charge is 0.317 e. The van der Waals surface area contributed by atoms with Crippen molar-refractivity contribution in [3.63, 3.8) is 0 Å². The number of rotatable bonds is 3. The molecule has 0 unspecified atom stereocenters. The first kappa shape index (κ1) is 14.1. The van der Waals surface area contributed by atoms with Crippen molar-refractivity contribution in [2.45, 2.75) is 6.92 Å². The predicted octanol–water partition coefficient (Wildman–Crippen LogP) is 2.01. The van der Waals surface area contributed by atoms with E-state index >= 15 is 0 Å². The van der Waals surface area contributed by atoms with Gasteiger partial charge in [0.25, 0.3) is 11.6 Å². The number of nitro groups is 1. The maximum absolute atomic E-state index is 12.2. The first-order chi connectivity index (χ1) is 9.45. The molecular formula is C13H13N3O3S. The van der Waals surface area contributed by atoms with Gasteiger partial charge in [-0.15, -0.1) is 0 Å². The third-order valence-electron chi connectivity index (χ3n) is 3.07. The highest BCUT2D eigenvalue weighted by Crippen LogP contribution is 2.22. The molecule has 0 aliphatic carbocycles. The summed E-state index contributed by atoms with van der Waals surface area (Å²) in [6, 6.07) is 6.01. The van der Waals surface area contributed by atoms with Gasteiger partial charge < -0.3 is 4.90 Å². The Labute approximate surface area is 121 Å². The summed E-state index contributed by atoms with van der Waals surface area (Å²) >= 11 is 5.19. The number of carbonyl (C=O) groups is 1. The molecule has 20 heavy (non-hydrogen) atoms. The summed E-state index contributed by atoms with van der Waals surface area (Å²) in [7, 11) is 1.73. The van der Waals surface area contributed by atoms with Gasteiger partial charge in [0.1, 0.15) is 5.70 Å². The standard InChI is InChI=1S/C13H13N3O3S/c1-3-15-12(17)11(14(2)13(15)20)8-9-4-6-10(7-5-9)16(18)19/h4-8H,3H2,1-2H3/b11-8-. The molecule has 1 aromatic carbocycles. The Morgan fingerprint density at radius 3 is 2.40 bits per heavy atom. The molecule has 0 spiro atoms. The van der Waals surface area contributed by atoms with Crippen LogP contribution in [0.2, 0.25) is 0 Å². The van der Waals surface area contributed by atoms with Crippen molar-refractivity contribution >= 4 is 35.0 Å². The molecule has 0 bridgehead atoms. The second kappa shape index (κ2) is 5.38. The molecule has 1 aromatic rings. The number of hydrogen-bond acceptors (Lipinski definition) is 4. The second-order valence-corrected chi connectivity index (χ2v) is 4.63. The van der Waals surface area contributed by atoms with E-state index in [0.717, 1.165) is 0 Å². The molecule has 104 valence electrons. The number of likely N-dealkylation sites (N-methyl/N-ethyl adjacent to an activating group) is 2. The lowest BCUT2D eigenvalue weighted by Crippen LogP contribution is -2.30. The van der Waals surface area contributed by atoms with Gasteiger partial charge in [0.15, 0.2) is 5.11 Å². The maximum atomic E-state index is 12.2. The monoisotopic (exact) mass is 291 g/mol. The third kappa shape index (κ3) is 2.39. The number of carbonyl (C=O) groups excluding carboxylic acids is 1. The van der Waals surface area contributed by atoms with Crippen LogP contribution in [0.15, 0.2) is 30.0 Å². The first-order valence-corrected chi connectivity index (χ1v) is 6.42. The van der Waals surface area contributed by atoms with E-state index < -0.39 is 4.92 Å². The number of thiocarbonyl (C=S) groups is 1. The van der Waals surface area contributed by atoms with E-state index in [1.54, 1.807) is 30.2 Å². The van der Waals surface area contributed by atoms with Gasteiger partial charge in [0, 0.05) is 25.7 Å². The van der Waals surface area contributed by atoms with E-state index in [2.05, 4.69) is 0 Å². The van der Waals surface area contributed by atoms with Crippen molar-refractivity contribution in [3.05, 3.63) is 45.6 Å². The number of non-ortho nitro benzene ring substituents is 1. The lowest BCUT2D eigenvalue weighted by atomic mass is 10.1. The van der Waals surface area contributed by atoms with Crippen LogP contribution in [0.5, 0.6) is 0 Å². The van der Waals surface area contributed by atoms with Crippen LogP contribution in [0.1, 0.15) is 12.5 Å². The Balaban J connectivity index is 2.33. The molecule has 0 atom stereocenters. The molecule has 2 rings (SSSR count). The topological polar surface area (TPSA) is 66.7 Å². The summed E-state index contributed by atoms with van der Waals surface area (Å²) in [5.74, 6) is -0.154. The van der Waals surface area contributed by atoms with Crippen LogP contribution in [0.25, 0.3) is 6.08 Å². The molecule has 6 nitrogen and oxygen atoms in total.